The predicted molar refractivity (Wildman–Crippen MR) is 70.0 cm³/mol. The molecule has 0 saturated heterocycles. The van der Waals surface area contributed by atoms with Crippen LogP contribution in [-0.4, -0.2) is 28.5 Å². The van der Waals surface area contributed by atoms with Crippen LogP contribution in [0.2, 0.25) is 0 Å². The van der Waals surface area contributed by atoms with Crippen LogP contribution in [0.1, 0.15) is 31.9 Å². The molecule has 0 radical (unpaired) electrons. The zero-order valence-electron chi connectivity index (χ0n) is 11.0. The van der Waals surface area contributed by atoms with Crippen molar-refractivity contribution in [3.63, 3.8) is 0 Å². The zero-order valence-corrected chi connectivity index (χ0v) is 11.0. The number of aryl methyl sites for hydroxylation is 1. The standard InChI is InChI=1S/C13H22N4O/c1-2-7-17-10-15-9-12(17)8-14-5-6-16-13(18)11-3-4-11/h9-11,14H,2-8H2,1H3,(H,16,18). The molecule has 100 valence electrons. The van der Waals surface area contributed by atoms with Gasteiger partial charge in [0, 0.05) is 38.3 Å². The first-order valence-corrected chi connectivity index (χ1v) is 6.78. The van der Waals surface area contributed by atoms with E-state index in [0.29, 0.717) is 12.5 Å². The summed E-state index contributed by atoms with van der Waals surface area (Å²) >= 11 is 0. The van der Waals surface area contributed by atoms with Crippen LogP contribution < -0.4 is 10.6 Å². The molecule has 0 bridgehead atoms. The lowest BCUT2D eigenvalue weighted by atomic mass is 10.4. The van der Waals surface area contributed by atoms with E-state index in [4.69, 9.17) is 0 Å². The Balaban J connectivity index is 1.59. The Morgan fingerprint density at radius 1 is 1.50 bits per heavy atom. The van der Waals surface area contributed by atoms with Crippen LogP contribution in [0.3, 0.4) is 0 Å². The second-order valence-electron chi connectivity index (χ2n) is 4.82. The third-order valence-corrected chi connectivity index (χ3v) is 3.12. The van der Waals surface area contributed by atoms with Gasteiger partial charge in [-0.05, 0) is 19.3 Å². The molecule has 2 rings (SSSR count). The summed E-state index contributed by atoms with van der Waals surface area (Å²) in [6.45, 7) is 5.48. The third-order valence-electron chi connectivity index (χ3n) is 3.12. The molecular weight excluding hydrogens is 228 g/mol. The van der Waals surface area contributed by atoms with Gasteiger partial charge in [0.2, 0.25) is 5.91 Å². The first-order chi connectivity index (χ1) is 8.81. The van der Waals surface area contributed by atoms with Crippen molar-refractivity contribution in [3.8, 4) is 0 Å². The van der Waals surface area contributed by atoms with E-state index in [1.807, 2.05) is 12.5 Å². The number of amides is 1. The Hall–Kier alpha value is -1.36. The van der Waals surface area contributed by atoms with Gasteiger partial charge in [0.15, 0.2) is 0 Å². The van der Waals surface area contributed by atoms with Crippen molar-refractivity contribution in [1.82, 2.24) is 20.2 Å². The van der Waals surface area contributed by atoms with Crippen molar-refractivity contribution in [2.24, 2.45) is 5.92 Å². The molecule has 1 aliphatic carbocycles. The summed E-state index contributed by atoms with van der Waals surface area (Å²) in [4.78, 5) is 15.5. The van der Waals surface area contributed by atoms with Gasteiger partial charge >= 0.3 is 0 Å². The molecule has 1 aromatic rings. The first kappa shape index (κ1) is 13.1. The number of hydrogen-bond donors (Lipinski definition) is 2. The number of aromatic nitrogens is 2. The Kier molecular flexibility index (Phi) is 4.75. The van der Waals surface area contributed by atoms with Crippen molar-refractivity contribution in [1.29, 1.82) is 0 Å². The lowest BCUT2D eigenvalue weighted by Crippen LogP contribution is -2.32. The molecule has 5 heteroatoms. The van der Waals surface area contributed by atoms with Crippen LogP contribution in [0.15, 0.2) is 12.5 Å². The van der Waals surface area contributed by atoms with Crippen molar-refractivity contribution < 1.29 is 4.79 Å². The van der Waals surface area contributed by atoms with E-state index in [9.17, 15) is 4.79 Å². The molecule has 0 spiro atoms. The maximum absolute atomic E-state index is 11.4. The van der Waals surface area contributed by atoms with Gasteiger partial charge in [-0.2, -0.15) is 0 Å². The predicted octanol–water partition coefficient (Wildman–Crippen LogP) is 0.909. The van der Waals surface area contributed by atoms with Crippen LogP contribution in [0.4, 0.5) is 0 Å². The van der Waals surface area contributed by atoms with Gasteiger partial charge in [0.25, 0.3) is 0 Å². The van der Waals surface area contributed by atoms with Crippen LogP contribution in [0, 0.1) is 5.92 Å². The van der Waals surface area contributed by atoms with E-state index in [0.717, 1.165) is 38.9 Å². The van der Waals surface area contributed by atoms with Crippen LogP contribution in [0.5, 0.6) is 0 Å². The Labute approximate surface area is 108 Å². The molecule has 0 aromatic carbocycles. The van der Waals surface area contributed by atoms with Crippen molar-refractivity contribution in [3.05, 3.63) is 18.2 Å². The summed E-state index contributed by atoms with van der Waals surface area (Å²) in [7, 11) is 0. The van der Waals surface area contributed by atoms with Crippen LogP contribution in [0.25, 0.3) is 0 Å². The first-order valence-electron chi connectivity index (χ1n) is 6.78. The number of nitrogens with one attached hydrogen (secondary N) is 2. The molecule has 1 fully saturated rings. The fourth-order valence-corrected chi connectivity index (χ4v) is 1.92. The summed E-state index contributed by atoms with van der Waals surface area (Å²) in [5.41, 5.74) is 1.20. The summed E-state index contributed by atoms with van der Waals surface area (Å²) in [6.07, 6.45) is 7.01. The molecule has 1 amide bonds. The quantitative estimate of drug-likeness (QED) is 0.674. The number of nitrogens with zero attached hydrogens (tertiary/aromatic N) is 2. The molecule has 1 heterocycles. The number of hydrogen-bond acceptors (Lipinski definition) is 3. The number of imidazole rings is 1. The summed E-state index contributed by atoms with van der Waals surface area (Å²) in [5.74, 6) is 0.517. The second-order valence-corrected chi connectivity index (χ2v) is 4.82. The van der Waals surface area contributed by atoms with E-state index in [1.54, 1.807) is 0 Å². The molecule has 0 atom stereocenters. The lowest BCUT2D eigenvalue weighted by molar-refractivity contribution is -0.122. The molecule has 1 aliphatic rings. The molecule has 2 N–H and O–H groups in total. The van der Waals surface area contributed by atoms with Gasteiger partial charge in [-0.25, -0.2) is 4.98 Å². The number of carbonyl (C=O) groups excluding carboxylic acids is 1. The highest BCUT2D eigenvalue weighted by Gasteiger charge is 2.28. The Morgan fingerprint density at radius 3 is 3.06 bits per heavy atom. The fourth-order valence-electron chi connectivity index (χ4n) is 1.92. The van der Waals surface area contributed by atoms with Gasteiger partial charge < -0.3 is 15.2 Å². The van der Waals surface area contributed by atoms with Crippen LogP contribution in [-0.2, 0) is 17.9 Å². The van der Waals surface area contributed by atoms with E-state index in [1.165, 1.54) is 5.69 Å². The number of rotatable bonds is 8. The maximum Gasteiger partial charge on any atom is 0.223 e. The summed E-state index contributed by atoms with van der Waals surface area (Å²) in [6, 6.07) is 0. The smallest absolute Gasteiger partial charge is 0.223 e. The normalized spacial score (nSPS) is 14.7. The molecule has 1 saturated carbocycles. The molecule has 0 unspecified atom stereocenters. The van der Waals surface area contributed by atoms with Gasteiger partial charge in [-0.1, -0.05) is 6.92 Å². The lowest BCUT2D eigenvalue weighted by Gasteiger charge is -2.08. The zero-order chi connectivity index (χ0) is 12.8. The van der Waals surface area contributed by atoms with E-state index < -0.39 is 0 Å². The average molecular weight is 250 g/mol. The average Bonchev–Trinajstić information content (AvgIpc) is 3.13. The van der Waals surface area contributed by atoms with Crippen LogP contribution >= 0.6 is 0 Å². The van der Waals surface area contributed by atoms with Crippen molar-refractivity contribution in [2.45, 2.75) is 39.3 Å². The van der Waals surface area contributed by atoms with Crippen molar-refractivity contribution in [2.75, 3.05) is 13.1 Å². The van der Waals surface area contributed by atoms with Gasteiger partial charge in [0.05, 0.1) is 12.0 Å². The van der Waals surface area contributed by atoms with Gasteiger partial charge in [0.1, 0.15) is 0 Å². The van der Waals surface area contributed by atoms with Crippen molar-refractivity contribution >= 4 is 5.91 Å². The summed E-state index contributed by atoms with van der Waals surface area (Å²) < 4.78 is 2.16. The molecular formula is C13H22N4O. The monoisotopic (exact) mass is 250 g/mol. The third kappa shape index (κ3) is 3.84. The highest BCUT2D eigenvalue weighted by molar-refractivity contribution is 5.80. The van der Waals surface area contributed by atoms with E-state index in [-0.39, 0.29) is 5.91 Å². The molecule has 5 nitrogen and oxygen atoms in total. The minimum Gasteiger partial charge on any atom is -0.355 e. The van der Waals surface area contributed by atoms with Gasteiger partial charge in [-0.15, -0.1) is 0 Å². The Morgan fingerprint density at radius 2 is 2.33 bits per heavy atom. The minimum absolute atomic E-state index is 0.216. The van der Waals surface area contributed by atoms with Gasteiger partial charge in [-0.3, -0.25) is 4.79 Å². The number of carbonyl (C=O) groups is 1. The molecule has 18 heavy (non-hydrogen) atoms. The van der Waals surface area contributed by atoms with E-state index in [2.05, 4.69) is 27.1 Å². The Bertz CT molecular complexity index is 384. The maximum atomic E-state index is 11.4. The van der Waals surface area contributed by atoms with E-state index >= 15 is 0 Å². The largest absolute Gasteiger partial charge is 0.355 e. The molecule has 1 aromatic heterocycles. The topological polar surface area (TPSA) is 59.0 Å². The minimum atomic E-state index is 0.216. The highest BCUT2D eigenvalue weighted by Crippen LogP contribution is 2.28. The highest BCUT2D eigenvalue weighted by atomic mass is 16.2. The SMILES string of the molecule is CCCn1cncc1CNCCNC(=O)C1CC1. The second kappa shape index (κ2) is 6.54. The fraction of sp³-hybridized carbons (Fsp3) is 0.692. The summed E-state index contributed by atoms with van der Waals surface area (Å²) in [5, 5.41) is 6.27. The molecule has 0 aliphatic heterocycles.